The molecule has 0 aromatic rings. The SMILES string of the molecule is CC=C(C)[C-]=O.[W]. The van der Waals surface area contributed by atoms with Gasteiger partial charge in [0.15, 0.2) is 0 Å². The molecule has 0 unspecified atom stereocenters. The van der Waals surface area contributed by atoms with Crippen molar-refractivity contribution in [2.75, 3.05) is 0 Å². The summed E-state index contributed by atoms with van der Waals surface area (Å²) in [7, 11) is 0. The molecule has 0 spiro atoms. The summed E-state index contributed by atoms with van der Waals surface area (Å²) in [6, 6.07) is 0. The van der Waals surface area contributed by atoms with E-state index in [1.807, 2.05) is 0 Å². The minimum absolute atomic E-state index is 0. The predicted molar refractivity (Wildman–Crippen MR) is 25.1 cm³/mol. The molecule has 0 aromatic heterocycles. The summed E-state index contributed by atoms with van der Waals surface area (Å²) in [4.78, 5) is 9.54. The van der Waals surface area contributed by atoms with Gasteiger partial charge in [0.05, 0.1) is 0 Å². The van der Waals surface area contributed by atoms with Crippen LogP contribution in [0, 0.1) is 0 Å². The van der Waals surface area contributed by atoms with Crippen LogP contribution < -0.4 is 0 Å². The van der Waals surface area contributed by atoms with Crippen molar-refractivity contribution < 1.29 is 25.9 Å². The second-order valence-corrected chi connectivity index (χ2v) is 1.07. The molecule has 0 radical (unpaired) electrons. The van der Waals surface area contributed by atoms with E-state index in [9.17, 15) is 4.79 Å². The molecule has 0 aliphatic carbocycles. The van der Waals surface area contributed by atoms with Crippen molar-refractivity contribution >= 4 is 6.29 Å². The third kappa shape index (κ3) is 6.10. The third-order valence-corrected chi connectivity index (χ3v) is 0.594. The van der Waals surface area contributed by atoms with Crippen LogP contribution in [0.3, 0.4) is 0 Å². The Hall–Kier alpha value is 0.0983. The molecule has 0 amide bonds. The minimum atomic E-state index is 0. The van der Waals surface area contributed by atoms with Crippen LogP contribution in [0.1, 0.15) is 13.8 Å². The Morgan fingerprint density at radius 1 is 1.71 bits per heavy atom. The molecule has 0 bridgehead atoms. The van der Waals surface area contributed by atoms with Crippen LogP contribution in [0.15, 0.2) is 11.6 Å². The fraction of sp³-hybridized carbons (Fsp3) is 0.400. The zero-order valence-corrected chi connectivity index (χ0v) is 7.33. The summed E-state index contributed by atoms with van der Waals surface area (Å²) >= 11 is 0. The Bertz CT molecular complexity index is 76.1. The largest absolute Gasteiger partial charge is 0.419 e. The van der Waals surface area contributed by atoms with Gasteiger partial charge in [0.25, 0.3) is 0 Å². The predicted octanol–water partition coefficient (Wildman–Crippen LogP) is 1.06. The number of carbonyl (C=O) groups excluding carboxylic acids is 1. The molecular weight excluding hydrogens is 260 g/mol. The van der Waals surface area contributed by atoms with Gasteiger partial charge < -0.3 is 4.79 Å². The van der Waals surface area contributed by atoms with E-state index in [0.717, 1.165) is 0 Å². The van der Waals surface area contributed by atoms with Gasteiger partial charge in [0, 0.05) is 21.1 Å². The van der Waals surface area contributed by atoms with Gasteiger partial charge in [-0.25, -0.2) is 6.08 Å². The topological polar surface area (TPSA) is 17.1 Å². The summed E-state index contributed by atoms with van der Waals surface area (Å²) in [6.07, 6.45) is 3.44. The second kappa shape index (κ2) is 6.10. The minimum Gasteiger partial charge on any atom is -0.419 e. The van der Waals surface area contributed by atoms with E-state index >= 15 is 0 Å². The Kier molecular flexibility index (Phi) is 8.85. The Morgan fingerprint density at radius 3 is 2.14 bits per heavy atom. The standard InChI is InChI=1S/C5H7O.W/c1-3-5(2)4-6;/h3H,1-2H3;/q-1;. The molecule has 1 nitrogen and oxygen atoms in total. The summed E-state index contributed by atoms with van der Waals surface area (Å²) < 4.78 is 0. The van der Waals surface area contributed by atoms with Gasteiger partial charge in [-0.15, -0.1) is 6.92 Å². The first kappa shape index (κ1) is 10.2. The molecular formula is C5H7OW-. The first-order valence-electron chi connectivity index (χ1n) is 1.82. The molecule has 0 atom stereocenters. The molecule has 0 aliphatic rings. The average molecular weight is 267 g/mol. The number of hydrogen-bond donors (Lipinski definition) is 0. The van der Waals surface area contributed by atoms with E-state index in [-0.39, 0.29) is 21.1 Å². The zero-order valence-electron chi connectivity index (χ0n) is 4.39. The van der Waals surface area contributed by atoms with Crippen LogP contribution in [0.2, 0.25) is 0 Å². The molecule has 0 N–H and O–H groups in total. The van der Waals surface area contributed by atoms with E-state index in [2.05, 4.69) is 0 Å². The van der Waals surface area contributed by atoms with Crippen LogP contribution in [-0.4, -0.2) is 6.29 Å². The Morgan fingerprint density at radius 2 is 2.14 bits per heavy atom. The number of allylic oxidation sites excluding steroid dienone is 2. The van der Waals surface area contributed by atoms with E-state index < -0.39 is 0 Å². The molecule has 0 fully saturated rings. The normalized spacial score (nSPS) is 9.71. The van der Waals surface area contributed by atoms with Gasteiger partial charge in [-0.2, -0.15) is 5.57 Å². The monoisotopic (exact) mass is 267 g/mol. The van der Waals surface area contributed by atoms with Gasteiger partial charge in [0.2, 0.25) is 0 Å². The third-order valence-electron chi connectivity index (χ3n) is 0.594. The second-order valence-electron chi connectivity index (χ2n) is 1.07. The maximum Gasteiger partial charge on any atom is 0 e. The molecule has 0 aliphatic heterocycles. The van der Waals surface area contributed by atoms with Gasteiger partial charge >= 0.3 is 0 Å². The van der Waals surface area contributed by atoms with Crippen LogP contribution in [-0.2, 0) is 25.9 Å². The molecule has 0 saturated heterocycles. The van der Waals surface area contributed by atoms with Crippen LogP contribution in [0.25, 0.3) is 0 Å². The molecule has 0 aromatic carbocycles. The number of hydrogen-bond acceptors (Lipinski definition) is 1. The van der Waals surface area contributed by atoms with Gasteiger partial charge in [-0.05, 0) is 6.29 Å². The van der Waals surface area contributed by atoms with Crippen molar-refractivity contribution in [2.45, 2.75) is 13.8 Å². The van der Waals surface area contributed by atoms with Crippen LogP contribution in [0.5, 0.6) is 0 Å². The Balaban J connectivity index is 0. The molecule has 40 valence electrons. The van der Waals surface area contributed by atoms with Gasteiger partial charge in [-0.1, -0.05) is 6.92 Å². The van der Waals surface area contributed by atoms with Crippen molar-refractivity contribution in [2.24, 2.45) is 0 Å². The van der Waals surface area contributed by atoms with Gasteiger partial charge in [-0.3, -0.25) is 0 Å². The summed E-state index contributed by atoms with van der Waals surface area (Å²) in [5, 5.41) is 0. The molecule has 7 heavy (non-hydrogen) atoms. The smallest absolute Gasteiger partial charge is 0 e. The zero-order chi connectivity index (χ0) is 4.99. The molecule has 0 saturated carbocycles. The Labute approximate surface area is 58.1 Å². The maximum absolute atomic E-state index is 9.54. The summed E-state index contributed by atoms with van der Waals surface area (Å²) in [6.45, 7) is 3.52. The van der Waals surface area contributed by atoms with Crippen molar-refractivity contribution in [3.05, 3.63) is 11.6 Å². The van der Waals surface area contributed by atoms with E-state index in [0.29, 0.717) is 5.57 Å². The summed E-state index contributed by atoms with van der Waals surface area (Å²) in [5.74, 6) is 0. The van der Waals surface area contributed by atoms with E-state index in [4.69, 9.17) is 0 Å². The fourth-order valence-electron chi connectivity index (χ4n) is 0.0589. The molecule has 0 rings (SSSR count). The van der Waals surface area contributed by atoms with Crippen molar-refractivity contribution in [1.29, 1.82) is 0 Å². The molecule has 2 heteroatoms. The maximum atomic E-state index is 9.54. The van der Waals surface area contributed by atoms with Gasteiger partial charge in [0.1, 0.15) is 0 Å². The van der Waals surface area contributed by atoms with E-state index in [1.54, 1.807) is 26.2 Å². The van der Waals surface area contributed by atoms with Crippen molar-refractivity contribution in [3.63, 3.8) is 0 Å². The summed E-state index contributed by atoms with van der Waals surface area (Å²) in [5.41, 5.74) is 0.662. The first-order valence-corrected chi connectivity index (χ1v) is 1.82. The van der Waals surface area contributed by atoms with Crippen LogP contribution >= 0.6 is 0 Å². The van der Waals surface area contributed by atoms with E-state index in [1.165, 1.54) is 0 Å². The fourth-order valence-corrected chi connectivity index (χ4v) is 0.0589. The first-order chi connectivity index (χ1) is 2.81. The van der Waals surface area contributed by atoms with Crippen LogP contribution in [0.4, 0.5) is 0 Å². The van der Waals surface area contributed by atoms with Crippen molar-refractivity contribution in [3.8, 4) is 0 Å². The average Bonchev–Trinajstić information content (AvgIpc) is 1.65. The quantitative estimate of drug-likeness (QED) is 0.513. The van der Waals surface area contributed by atoms with Crippen molar-refractivity contribution in [1.82, 2.24) is 0 Å². The number of rotatable bonds is 1. The molecule has 0 heterocycles.